The van der Waals surface area contributed by atoms with Crippen molar-refractivity contribution in [1.29, 1.82) is 0 Å². The number of aryl methyl sites for hydroxylation is 1. The zero-order chi connectivity index (χ0) is 18.8. The summed E-state index contributed by atoms with van der Waals surface area (Å²) in [6, 6.07) is 10.8. The molecule has 7 nitrogen and oxygen atoms in total. The highest BCUT2D eigenvalue weighted by Crippen LogP contribution is 2.32. The third-order valence-electron chi connectivity index (χ3n) is 4.71. The highest BCUT2D eigenvalue weighted by atomic mass is 16.5. The molecule has 0 fully saturated rings. The number of rotatable bonds is 5. The molecular weight excluding hydrogens is 346 g/mol. The van der Waals surface area contributed by atoms with Crippen LogP contribution >= 0.6 is 0 Å². The molecule has 2 heterocycles. The summed E-state index contributed by atoms with van der Waals surface area (Å²) < 4.78 is 7.26. The number of ether oxygens (including phenoxy) is 1. The van der Waals surface area contributed by atoms with Crippen LogP contribution < -0.4 is 10.1 Å². The molecule has 0 unspecified atom stereocenters. The molecule has 1 amide bonds. The maximum Gasteiger partial charge on any atom is 0.341 e. The molecule has 0 atom stereocenters. The van der Waals surface area contributed by atoms with E-state index < -0.39 is 12.6 Å². The van der Waals surface area contributed by atoms with Gasteiger partial charge < -0.3 is 15.2 Å². The van der Waals surface area contributed by atoms with Crippen LogP contribution in [0.15, 0.2) is 42.6 Å². The molecule has 3 aromatic rings. The summed E-state index contributed by atoms with van der Waals surface area (Å²) in [6.45, 7) is 0.430. The minimum atomic E-state index is -1.04. The lowest BCUT2D eigenvalue weighted by Crippen LogP contribution is -2.17. The number of carboxylic acid groups (broad SMARTS) is 1. The van der Waals surface area contributed by atoms with Crippen LogP contribution in [0.25, 0.3) is 10.8 Å². The summed E-state index contributed by atoms with van der Waals surface area (Å²) in [5.74, 6) is -0.765. The van der Waals surface area contributed by atoms with Crippen LogP contribution in [0.2, 0.25) is 0 Å². The SMILES string of the molecule is O=C(O)COc1ccc(NC(=O)c2cnn3c2CCCC3)c2ccccc12. The molecule has 138 valence electrons. The van der Waals surface area contributed by atoms with Crippen LogP contribution in [-0.2, 0) is 17.8 Å². The largest absolute Gasteiger partial charge is 0.481 e. The molecule has 2 aromatic carbocycles. The first-order valence-corrected chi connectivity index (χ1v) is 8.86. The Hall–Kier alpha value is -3.35. The number of anilines is 1. The Morgan fingerprint density at radius 2 is 1.96 bits per heavy atom. The molecule has 1 aliphatic rings. The highest BCUT2D eigenvalue weighted by molar-refractivity contribution is 6.10. The van der Waals surface area contributed by atoms with Crippen molar-refractivity contribution in [3.63, 3.8) is 0 Å². The van der Waals surface area contributed by atoms with Gasteiger partial charge in [-0.25, -0.2) is 4.79 Å². The van der Waals surface area contributed by atoms with E-state index in [1.807, 2.05) is 28.9 Å². The van der Waals surface area contributed by atoms with Crippen LogP contribution in [0.4, 0.5) is 5.69 Å². The molecule has 0 saturated heterocycles. The number of carbonyl (C=O) groups is 2. The third-order valence-corrected chi connectivity index (χ3v) is 4.71. The van der Waals surface area contributed by atoms with E-state index in [0.717, 1.165) is 42.3 Å². The second kappa shape index (κ2) is 7.11. The summed E-state index contributed by atoms with van der Waals surface area (Å²) in [4.78, 5) is 23.6. The molecule has 1 aromatic heterocycles. The van der Waals surface area contributed by atoms with Gasteiger partial charge in [0.2, 0.25) is 0 Å². The van der Waals surface area contributed by atoms with E-state index in [2.05, 4.69) is 10.4 Å². The van der Waals surface area contributed by atoms with E-state index >= 15 is 0 Å². The number of nitrogens with one attached hydrogen (secondary N) is 1. The lowest BCUT2D eigenvalue weighted by Gasteiger charge is -2.15. The normalized spacial score (nSPS) is 13.2. The van der Waals surface area contributed by atoms with Gasteiger partial charge >= 0.3 is 5.97 Å². The molecule has 0 saturated carbocycles. The van der Waals surface area contributed by atoms with E-state index in [1.165, 1.54) is 0 Å². The van der Waals surface area contributed by atoms with Gasteiger partial charge in [0.1, 0.15) is 5.75 Å². The maximum absolute atomic E-state index is 12.8. The fourth-order valence-electron chi connectivity index (χ4n) is 3.45. The lowest BCUT2D eigenvalue weighted by molar-refractivity contribution is -0.139. The number of nitrogens with zero attached hydrogens (tertiary/aromatic N) is 2. The van der Waals surface area contributed by atoms with Crippen molar-refractivity contribution in [2.24, 2.45) is 0 Å². The van der Waals surface area contributed by atoms with Gasteiger partial charge in [0.15, 0.2) is 6.61 Å². The van der Waals surface area contributed by atoms with E-state index in [9.17, 15) is 9.59 Å². The van der Waals surface area contributed by atoms with Crippen molar-refractivity contribution in [2.45, 2.75) is 25.8 Å². The van der Waals surface area contributed by atoms with Gasteiger partial charge in [-0.2, -0.15) is 5.10 Å². The molecule has 27 heavy (non-hydrogen) atoms. The predicted molar refractivity (Wildman–Crippen MR) is 100 cm³/mol. The van der Waals surface area contributed by atoms with E-state index in [0.29, 0.717) is 17.0 Å². The topological polar surface area (TPSA) is 93.4 Å². The molecule has 2 N–H and O–H groups in total. The molecular formula is C20H19N3O4. The minimum absolute atomic E-state index is 0.192. The van der Waals surface area contributed by atoms with Crippen molar-refractivity contribution in [3.05, 3.63) is 53.9 Å². The average Bonchev–Trinajstić information content (AvgIpc) is 3.11. The van der Waals surface area contributed by atoms with Crippen LogP contribution in [0.5, 0.6) is 5.75 Å². The van der Waals surface area contributed by atoms with Gasteiger partial charge in [-0.05, 0) is 31.4 Å². The second-order valence-corrected chi connectivity index (χ2v) is 6.48. The molecule has 0 spiro atoms. The summed E-state index contributed by atoms with van der Waals surface area (Å²) in [5.41, 5.74) is 2.23. The van der Waals surface area contributed by atoms with E-state index in [1.54, 1.807) is 18.3 Å². The number of aliphatic carboxylic acids is 1. The summed E-state index contributed by atoms with van der Waals surface area (Å²) in [7, 11) is 0. The van der Waals surface area contributed by atoms with Crippen LogP contribution in [-0.4, -0.2) is 33.4 Å². The van der Waals surface area contributed by atoms with Crippen molar-refractivity contribution < 1.29 is 19.4 Å². The summed E-state index contributed by atoms with van der Waals surface area (Å²) >= 11 is 0. The van der Waals surface area contributed by atoms with Crippen LogP contribution in [0, 0.1) is 0 Å². The molecule has 7 heteroatoms. The van der Waals surface area contributed by atoms with Gasteiger partial charge in [0.25, 0.3) is 5.91 Å². The standard InChI is InChI=1S/C20H19N3O4/c24-19(25)12-27-18-9-8-16(13-5-1-2-6-14(13)18)22-20(26)15-11-21-23-10-4-3-7-17(15)23/h1-2,5-6,8-9,11H,3-4,7,10,12H2,(H,22,26)(H,24,25). The van der Waals surface area contributed by atoms with E-state index in [-0.39, 0.29) is 5.91 Å². The van der Waals surface area contributed by atoms with E-state index in [4.69, 9.17) is 9.84 Å². The number of hydrogen-bond donors (Lipinski definition) is 2. The maximum atomic E-state index is 12.8. The van der Waals surface area contributed by atoms with Crippen LogP contribution in [0.1, 0.15) is 28.9 Å². The Morgan fingerprint density at radius 1 is 1.15 bits per heavy atom. The number of amides is 1. The lowest BCUT2D eigenvalue weighted by atomic mass is 10.1. The van der Waals surface area contributed by atoms with Gasteiger partial charge in [0.05, 0.1) is 17.5 Å². The fraction of sp³-hybridized carbons (Fsp3) is 0.250. The number of carboxylic acids is 1. The molecule has 0 radical (unpaired) electrons. The Balaban J connectivity index is 1.64. The first-order valence-electron chi connectivity index (χ1n) is 8.86. The summed E-state index contributed by atoms with van der Waals surface area (Å²) in [6.07, 6.45) is 4.62. The van der Waals surface area contributed by atoms with Crippen molar-refractivity contribution >= 4 is 28.3 Å². The van der Waals surface area contributed by atoms with Crippen molar-refractivity contribution in [1.82, 2.24) is 9.78 Å². The van der Waals surface area contributed by atoms with Gasteiger partial charge in [-0.3, -0.25) is 9.48 Å². The minimum Gasteiger partial charge on any atom is -0.481 e. The Morgan fingerprint density at radius 3 is 2.78 bits per heavy atom. The zero-order valence-electron chi connectivity index (χ0n) is 14.6. The highest BCUT2D eigenvalue weighted by Gasteiger charge is 2.20. The van der Waals surface area contributed by atoms with Crippen molar-refractivity contribution in [3.8, 4) is 5.75 Å². The van der Waals surface area contributed by atoms with Gasteiger partial charge in [0, 0.05) is 23.0 Å². The number of fused-ring (bicyclic) bond motifs is 2. The fourth-order valence-corrected chi connectivity index (χ4v) is 3.45. The Labute approximate surface area is 155 Å². The van der Waals surface area contributed by atoms with Crippen molar-refractivity contribution in [2.75, 3.05) is 11.9 Å². The molecule has 0 bridgehead atoms. The molecule has 1 aliphatic heterocycles. The number of hydrogen-bond acceptors (Lipinski definition) is 4. The second-order valence-electron chi connectivity index (χ2n) is 6.48. The van der Waals surface area contributed by atoms with Crippen LogP contribution in [0.3, 0.4) is 0 Å². The third kappa shape index (κ3) is 3.36. The Kier molecular flexibility index (Phi) is 4.50. The quantitative estimate of drug-likeness (QED) is 0.725. The predicted octanol–water partition coefficient (Wildman–Crippen LogP) is 3.09. The average molecular weight is 365 g/mol. The zero-order valence-corrected chi connectivity index (χ0v) is 14.6. The first kappa shape index (κ1) is 17.1. The number of aromatic nitrogens is 2. The Bertz CT molecular complexity index is 1030. The number of benzene rings is 2. The van der Waals surface area contributed by atoms with Gasteiger partial charge in [-0.1, -0.05) is 24.3 Å². The first-order chi connectivity index (χ1) is 13.1. The molecule has 4 rings (SSSR count). The molecule has 0 aliphatic carbocycles. The number of carbonyl (C=O) groups excluding carboxylic acids is 1. The summed E-state index contributed by atoms with van der Waals surface area (Å²) in [5, 5.41) is 17.6. The van der Waals surface area contributed by atoms with Gasteiger partial charge in [-0.15, -0.1) is 0 Å². The monoisotopic (exact) mass is 365 g/mol. The smallest absolute Gasteiger partial charge is 0.341 e.